The van der Waals surface area contributed by atoms with Crippen LogP contribution in [0.15, 0.2) is 36.4 Å². The summed E-state index contributed by atoms with van der Waals surface area (Å²) in [4.78, 5) is 24.1. The zero-order valence-corrected chi connectivity index (χ0v) is 19.5. The fourth-order valence-electron chi connectivity index (χ4n) is 7.03. The second-order valence-corrected chi connectivity index (χ2v) is 10.2. The Morgan fingerprint density at radius 3 is 2.12 bits per heavy atom. The van der Waals surface area contributed by atoms with Crippen LogP contribution in [0.5, 0.6) is 17.2 Å². The number of benzene rings is 2. The van der Waals surface area contributed by atoms with Gasteiger partial charge in [-0.3, -0.25) is 4.79 Å². The predicted octanol–water partition coefficient (Wildman–Crippen LogP) is 5.47. The van der Waals surface area contributed by atoms with E-state index in [0.29, 0.717) is 5.75 Å². The van der Waals surface area contributed by atoms with Gasteiger partial charge < -0.3 is 19.7 Å². The first kappa shape index (κ1) is 22.5. The zero-order valence-electron chi connectivity index (χ0n) is 19.5. The number of phenolic OH excluding ortho intramolecular Hbond substituents is 1. The molecule has 4 aliphatic rings. The lowest BCUT2D eigenvalue weighted by Crippen LogP contribution is -2.48. The number of ether oxygens (including phenoxy) is 2. The quantitative estimate of drug-likeness (QED) is 0.419. The van der Waals surface area contributed by atoms with E-state index in [4.69, 9.17) is 9.47 Å². The molecule has 0 saturated heterocycles. The molecule has 0 atom stereocenters. The lowest BCUT2D eigenvalue weighted by Gasteiger charge is -2.57. The van der Waals surface area contributed by atoms with Gasteiger partial charge in [0.25, 0.3) is 0 Å². The van der Waals surface area contributed by atoms with Crippen molar-refractivity contribution in [3.05, 3.63) is 58.7 Å². The van der Waals surface area contributed by atoms with Crippen molar-refractivity contribution in [2.45, 2.75) is 43.9 Å². The number of hydrogen-bond acceptors (Lipinski definition) is 5. The molecular formula is C28H30O6. The molecule has 6 heteroatoms. The van der Waals surface area contributed by atoms with Crippen molar-refractivity contribution in [3.8, 4) is 17.2 Å². The summed E-state index contributed by atoms with van der Waals surface area (Å²) >= 11 is 0. The molecule has 4 bridgehead atoms. The van der Waals surface area contributed by atoms with Crippen LogP contribution in [-0.4, -0.2) is 36.2 Å². The highest BCUT2D eigenvalue weighted by Crippen LogP contribution is 2.62. The summed E-state index contributed by atoms with van der Waals surface area (Å²) in [5, 5.41) is 19.3. The number of carbonyl (C=O) groups is 2. The van der Waals surface area contributed by atoms with Crippen LogP contribution in [-0.2, 0) is 5.41 Å². The first-order valence-electron chi connectivity index (χ1n) is 11.9. The van der Waals surface area contributed by atoms with E-state index in [1.54, 1.807) is 20.3 Å². The van der Waals surface area contributed by atoms with Gasteiger partial charge in [0.05, 0.1) is 25.3 Å². The standard InChI is InChI=1S/C28H30O6/c1-33-25-12-26(34-2)22(28-13-16-7-17(14-28)9-18(8-16)15-28)11-19(25)3-5-23(29)21-10-20(27(31)32)4-6-24(21)30/h3-6,10-12,16-18,30H,7-9,13-15H2,1-2H3,(H,31,32)/b5-3+. The molecule has 0 radical (unpaired) electrons. The van der Waals surface area contributed by atoms with Gasteiger partial charge >= 0.3 is 5.97 Å². The van der Waals surface area contributed by atoms with Crippen molar-refractivity contribution in [2.24, 2.45) is 17.8 Å². The van der Waals surface area contributed by atoms with Gasteiger partial charge in [-0.2, -0.15) is 0 Å². The molecule has 6 nitrogen and oxygen atoms in total. The summed E-state index contributed by atoms with van der Waals surface area (Å²) in [6.07, 6.45) is 10.6. The van der Waals surface area contributed by atoms with Crippen LogP contribution < -0.4 is 9.47 Å². The van der Waals surface area contributed by atoms with Crippen LogP contribution in [0.1, 0.15) is 70.4 Å². The van der Waals surface area contributed by atoms with E-state index in [1.165, 1.54) is 68.4 Å². The molecule has 4 fully saturated rings. The molecule has 0 spiro atoms. The fraction of sp³-hybridized carbons (Fsp3) is 0.429. The maximum atomic E-state index is 12.8. The maximum Gasteiger partial charge on any atom is 0.335 e. The maximum absolute atomic E-state index is 12.8. The molecule has 2 N–H and O–H groups in total. The van der Waals surface area contributed by atoms with Gasteiger partial charge in [-0.05, 0) is 98.1 Å². The van der Waals surface area contributed by atoms with Gasteiger partial charge in [0, 0.05) is 17.2 Å². The SMILES string of the molecule is COc1cc(OC)c(C23CC4CC(CC(C4)C2)C3)cc1/C=C/C(=O)c1cc(C(=O)O)ccc1O. The topological polar surface area (TPSA) is 93.1 Å². The Morgan fingerprint density at radius 1 is 0.941 bits per heavy atom. The second-order valence-electron chi connectivity index (χ2n) is 10.2. The Kier molecular flexibility index (Phi) is 5.62. The minimum Gasteiger partial charge on any atom is -0.507 e. The summed E-state index contributed by atoms with van der Waals surface area (Å²) < 4.78 is 11.4. The largest absolute Gasteiger partial charge is 0.507 e. The minimum atomic E-state index is -1.16. The summed E-state index contributed by atoms with van der Waals surface area (Å²) in [7, 11) is 3.27. The lowest BCUT2D eigenvalue weighted by molar-refractivity contribution is -0.00618. The van der Waals surface area contributed by atoms with Gasteiger partial charge in [0.15, 0.2) is 5.78 Å². The Bertz CT molecular complexity index is 1140. The van der Waals surface area contributed by atoms with E-state index >= 15 is 0 Å². The fourth-order valence-corrected chi connectivity index (χ4v) is 7.03. The number of methoxy groups -OCH3 is 2. The molecule has 4 aliphatic carbocycles. The Labute approximate surface area is 199 Å². The molecule has 0 unspecified atom stereocenters. The highest BCUT2D eigenvalue weighted by Gasteiger charge is 2.52. The van der Waals surface area contributed by atoms with E-state index < -0.39 is 11.8 Å². The Balaban J connectivity index is 1.51. The Hall–Kier alpha value is -3.28. The highest BCUT2D eigenvalue weighted by atomic mass is 16.5. The first-order chi connectivity index (χ1) is 16.3. The molecular weight excluding hydrogens is 432 g/mol. The number of aromatic hydroxyl groups is 1. The normalized spacial score (nSPS) is 27.2. The molecule has 0 amide bonds. The number of carboxylic acids is 1. The first-order valence-corrected chi connectivity index (χ1v) is 11.9. The van der Waals surface area contributed by atoms with Crippen LogP contribution >= 0.6 is 0 Å². The van der Waals surface area contributed by atoms with E-state index in [-0.39, 0.29) is 22.3 Å². The average Bonchev–Trinajstić information content (AvgIpc) is 2.81. The molecule has 0 heterocycles. The zero-order chi connectivity index (χ0) is 24.0. The van der Waals surface area contributed by atoms with Crippen molar-refractivity contribution in [2.75, 3.05) is 14.2 Å². The number of hydrogen-bond donors (Lipinski definition) is 2. The molecule has 2 aromatic rings. The van der Waals surface area contributed by atoms with Gasteiger partial charge in [-0.25, -0.2) is 4.79 Å². The van der Waals surface area contributed by atoms with Crippen molar-refractivity contribution in [3.63, 3.8) is 0 Å². The third kappa shape index (κ3) is 3.85. The van der Waals surface area contributed by atoms with Crippen LogP contribution in [0.2, 0.25) is 0 Å². The van der Waals surface area contributed by atoms with E-state index in [0.717, 1.165) is 29.1 Å². The second kappa shape index (κ2) is 8.49. The van der Waals surface area contributed by atoms with Crippen LogP contribution in [0.25, 0.3) is 6.08 Å². The smallest absolute Gasteiger partial charge is 0.335 e. The van der Waals surface area contributed by atoms with Gasteiger partial charge in [0.2, 0.25) is 0 Å². The number of ketones is 1. The van der Waals surface area contributed by atoms with Gasteiger partial charge in [-0.15, -0.1) is 0 Å². The van der Waals surface area contributed by atoms with Crippen LogP contribution in [0, 0.1) is 17.8 Å². The third-order valence-electron chi connectivity index (χ3n) is 8.08. The van der Waals surface area contributed by atoms with Gasteiger partial charge in [-0.1, -0.05) is 0 Å². The lowest BCUT2D eigenvalue weighted by atomic mass is 9.48. The number of allylic oxidation sites excluding steroid dienone is 1. The van der Waals surface area contributed by atoms with Crippen molar-refractivity contribution in [1.82, 2.24) is 0 Å². The molecule has 6 rings (SSSR count). The van der Waals surface area contributed by atoms with E-state index in [9.17, 15) is 19.8 Å². The molecule has 178 valence electrons. The average molecular weight is 463 g/mol. The summed E-state index contributed by atoms with van der Waals surface area (Å²) in [5.41, 5.74) is 1.95. The van der Waals surface area contributed by atoms with Crippen LogP contribution in [0.3, 0.4) is 0 Å². The predicted molar refractivity (Wildman–Crippen MR) is 128 cm³/mol. The van der Waals surface area contributed by atoms with Crippen molar-refractivity contribution in [1.29, 1.82) is 0 Å². The highest BCUT2D eigenvalue weighted by molar-refractivity contribution is 6.09. The van der Waals surface area contributed by atoms with E-state index in [2.05, 4.69) is 6.07 Å². The number of aromatic carboxylic acids is 1. The van der Waals surface area contributed by atoms with E-state index in [1.807, 2.05) is 6.07 Å². The molecule has 0 aromatic heterocycles. The molecule has 2 aromatic carbocycles. The van der Waals surface area contributed by atoms with Crippen molar-refractivity contribution < 1.29 is 29.3 Å². The monoisotopic (exact) mass is 462 g/mol. The summed E-state index contributed by atoms with van der Waals surface area (Å²) in [5.74, 6) is 1.88. The number of carboxylic acid groups (broad SMARTS) is 1. The Morgan fingerprint density at radius 2 is 1.56 bits per heavy atom. The third-order valence-corrected chi connectivity index (χ3v) is 8.08. The summed E-state index contributed by atoms with van der Waals surface area (Å²) in [6.45, 7) is 0. The number of phenols is 1. The molecule has 0 aliphatic heterocycles. The molecule has 4 saturated carbocycles. The summed E-state index contributed by atoms with van der Waals surface area (Å²) in [6, 6.07) is 7.69. The van der Waals surface area contributed by atoms with Crippen molar-refractivity contribution >= 4 is 17.8 Å². The van der Waals surface area contributed by atoms with Gasteiger partial charge in [0.1, 0.15) is 17.2 Å². The number of rotatable bonds is 7. The van der Waals surface area contributed by atoms with Crippen LogP contribution in [0.4, 0.5) is 0 Å². The molecule has 34 heavy (non-hydrogen) atoms. The minimum absolute atomic E-state index is 0.0510. The number of carbonyl (C=O) groups excluding carboxylic acids is 1.